The lowest BCUT2D eigenvalue weighted by molar-refractivity contribution is -0.385. The Morgan fingerprint density at radius 1 is 1.36 bits per heavy atom. The van der Waals surface area contributed by atoms with Gasteiger partial charge in [-0.3, -0.25) is 19.7 Å². The summed E-state index contributed by atoms with van der Waals surface area (Å²) in [5.41, 5.74) is -0.0690. The first-order chi connectivity index (χ1) is 10.4. The van der Waals surface area contributed by atoms with Crippen LogP contribution in [0.5, 0.6) is 5.75 Å². The van der Waals surface area contributed by atoms with E-state index in [4.69, 9.17) is 4.74 Å². The van der Waals surface area contributed by atoms with Gasteiger partial charge in [0.25, 0.3) is 11.2 Å². The average Bonchev–Trinajstić information content (AvgIpc) is 2.51. The van der Waals surface area contributed by atoms with E-state index in [0.717, 1.165) is 10.8 Å². The fourth-order valence-corrected chi connectivity index (χ4v) is 2.03. The first-order valence-corrected chi connectivity index (χ1v) is 6.45. The smallest absolute Gasteiger partial charge is 0.286 e. The molecular weight excluding hydrogens is 288 g/mol. The molecule has 0 fully saturated rings. The Kier molecular flexibility index (Phi) is 4.36. The van der Waals surface area contributed by atoms with E-state index in [1.165, 1.54) is 20.1 Å². The number of hydrogen-bond donors (Lipinski definition) is 0. The Bertz CT molecular complexity index is 795. The Morgan fingerprint density at radius 3 is 2.73 bits per heavy atom. The maximum atomic E-state index is 12.2. The van der Waals surface area contributed by atoms with Crippen LogP contribution in [0.15, 0.2) is 41.3 Å². The van der Waals surface area contributed by atoms with Gasteiger partial charge >= 0.3 is 0 Å². The maximum absolute atomic E-state index is 12.2. The third-order valence-corrected chi connectivity index (χ3v) is 3.17. The number of aryl methyl sites for hydroxylation is 1. The summed E-state index contributed by atoms with van der Waals surface area (Å²) >= 11 is 0. The van der Waals surface area contributed by atoms with Gasteiger partial charge in [-0.25, -0.2) is 0 Å². The summed E-state index contributed by atoms with van der Waals surface area (Å²) < 4.78 is 6.09. The van der Waals surface area contributed by atoms with Crippen molar-refractivity contribution in [1.29, 1.82) is 0 Å². The molecule has 114 valence electrons. The van der Waals surface area contributed by atoms with E-state index in [2.05, 4.69) is 0 Å². The molecule has 0 amide bonds. The average molecular weight is 302 g/mol. The second kappa shape index (κ2) is 6.21. The van der Waals surface area contributed by atoms with E-state index in [9.17, 15) is 19.7 Å². The van der Waals surface area contributed by atoms with E-state index in [1.54, 1.807) is 24.3 Å². The Hall–Kier alpha value is -2.96. The first kappa shape index (κ1) is 15.4. The van der Waals surface area contributed by atoms with Crippen molar-refractivity contribution < 1.29 is 14.5 Å². The molecule has 1 heterocycles. The second-order valence-corrected chi connectivity index (χ2v) is 4.73. The Balaban J connectivity index is 2.35. The standard InChI is InChI=1S/C15H14N2O5/c1-10-6-12(17(20)21)8-16(15(10)19)9-14(18)11-4-3-5-13(7-11)22-2/h3-8H,9H2,1-2H3. The highest BCUT2D eigenvalue weighted by Gasteiger charge is 2.14. The number of Topliss-reactive ketones (excluding diaryl/α,β-unsaturated/α-hetero) is 1. The molecule has 1 aromatic carbocycles. The van der Waals surface area contributed by atoms with Crippen molar-refractivity contribution in [3.63, 3.8) is 0 Å². The topological polar surface area (TPSA) is 91.4 Å². The lowest BCUT2D eigenvalue weighted by atomic mass is 10.1. The quantitative estimate of drug-likeness (QED) is 0.478. The zero-order valence-electron chi connectivity index (χ0n) is 12.1. The number of nitro groups is 1. The van der Waals surface area contributed by atoms with Crippen molar-refractivity contribution in [3.8, 4) is 5.75 Å². The highest BCUT2D eigenvalue weighted by atomic mass is 16.6. The molecule has 0 bridgehead atoms. The molecule has 0 aliphatic carbocycles. The van der Waals surface area contributed by atoms with Crippen LogP contribution >= 0.6 is 0 Å². The summed E-state index contributed by atoms with van der Waals surface area (Å²) in [6.45, 7) is 1.20. The maximum Gasteiger partial charge on any atom is 0.286 e. The summed E-state index contributed by atoms with van der Waals surface area (Å²) in [5.74, 6) is 0.189. The van der Waals surface area contributed by atoms with Crippen LogP contribution in [0.4, 0.5) is 5.69 Å². The van der Waals surface area contributed by atoms with Crippen LogP contribution in [0, 0.1) is 17.0 Å². The van der Waals surface area contributed by atoms with Crippen molar-refractivity contribution in [2.24, 2.45) is 0 Å². The highest BCUT2D eigenvalue weighted by Crippen LogP contribution is 2.14. The molecular formula is C15H14N2O5. The van der Waals surface area contributed by atoms with Gasteiger partial charge in [-0.15, -0.1) is 0 Å². The minimum atomic E-state index is -0.598. The number of benzene rings is 1. The number of ether oxygens (including phenoxy) is 1. The minimum absolute atomic E-state index is 0.215. The van der Waals surface area contributed by atoms with Gasteiger partial charge in [0, 0.05) is 17.2 Å². The van der Waals surface area contributed by atoms with E-state index < -0.39 is 10.5 Å². The van der Waals surface area contributed by atoms with Crippen molar-refractivity contribution >= 4 is 11.5 Å². The molecule has 7 heteroatoms. The molecule has 0 saturated heterocycles. The van der Waals surface area contributed by atoms with Gasteiger partial charge in [0.2, 0.25) is 0 Å². The number of nitrogens with zero attached hydrogens (tertiary/aromatic N) is 2. The van der Waals surface area contributed by atoms with Crippen LogP contribution in [0.3, 0.4) is 0 Å². The van der Waals surface area contributed by atoms with E-state index in [0.29, 0.717) is 11.3 Å². The fourth-order valence-electron chi connectivity index (χ4n) is 2.03. The van der Waals surface area contributed by atoms with Gasteiger partial charge in [-0.2, -0.15) is 0 Å². The molecule has 2 rings (SSSR count). The number of hydrogen-bond acceptors (Lipinski definition) is 5. The monoisotopic (exact) mass is 302 g/mol. The third-order valence-electron chi connectivity index (χ3n) is 3.17. The van der Waals surface area contributed by atoms with Gasteiger partial charge < -0.3 is 9.30 Å². The lowest BCUT2D eigenvalue weighted by Gasteiger charge is -2.07. The molecule has 7 nitrogen and oxygen atoms in total. The van der Waals surface area contributed by atoms with Crippen LogP contribution in [0.1, 0.15) is 15.9 Å². The summed E-state index contributed by atoms with van der Waals surface area (Å²) in [5, 5.41) is 10.8. The number of aromatic nitrogens is 1. The molecule has 0 aliphatic heterocycles. The minimum Gasteiger partial charge on any atom is -0.497 e. The summed E-state index contributed by atoms with van der Waals surface area (Å²) in [6, 6.07) is 7.69. The predicted molar refractivity (Wildman–Crippen MR) is 79.4 cm³/mol. The zero-order chi connectivity index (χ0) is 16.3. The van der Waals surface area contributed by atoms with Gasteiger partial charge in [0.15, 0.2) is 5.78 Å². The number of rotatable bonds is 5. The van der Waals surface area contributed by atoms with Crippen LogP contribution in [0.2, 0.25) is 0 Å². The van der Waals surface area contributed by atoms with Crippen LogP contribution in [-0.2, 0) is 6.54 Å². The number of carbonyl (C=O) groups is 1. The molecule has 0 aliphatic rings. The van der Waals surface area contributed by atoms with Gasteiger partial charge in [0.05, 0.1) is 24.8 Å². The molecule has 2 aromatic rings. The lowest BCUT2D eigenvalue weighted by Crippen LogP contribution is -2.25. The highest BCUT2D eigenvalue weighted by molar-refractivity contribution is 5.96. The number of pyridine rings is 1. The Labute approximate surface area is 125 Å². The van der Waals surface area contributed by atoms with Crippen LogP contribution in [0.25, 0.3) is 0 Å². The molecule has 22 heavy (non-hydrogen) atoms. The van der Waals surface area contributed by atoms with Crippen molar-refractivity contribution in [2.75, 3.05) is 7.11 Å². The van der Waals surface area contributed by atoms with Gasteiger partial charge in [0.1, 0.15) is 5.75 Å². The molecule has 0 atom stereocenters. The van der Waals surface area contributed by atoms with Crippen molar-refractivity contribution in [2.45, 2.75) is 13.5 Å². The zero-order valence-corrected chi connectivity index (χ0v) is 12.1. The molecule has 1 aromatic heterocycles. The summed E-state index contributed by atoms with van der Waals surface area (Å²) in [4.78, 5) is 34.5. The van der Waals surface area contributed by atoms with Crippen LogP contribution < -0.4 is 10.3 Å². The fraction of sp³-hybridized carbons (Fsp3) is 0.200. The number of methoxy groups -OCH3 is 1. The number of ketones is 1. The van der Waals surface area contributed by atoms with Crippen molar-refractivity contribution in [3.05, 3.63) is 68.1 Å². The predicted octanol–water partition coefficient (Wildman–Crippen LogP) is 1.96. The first-order valence-electron chi connectivity index (χ1n) is 6.45. The number of carbonyl (C=O) groups excluding carboxylic acids is 1. The Morgan fingerprint density at radius 2 is 2.09 bits per heavy atom. The van der Waals surface area contributed by atoms with Crippen molar-refractivity contribution in [1.82, 2.24) is 4.57 Å². The van der Waals surface area contributed by atoms with Crippen LogP contribution in [-0.4, -0.2) is 22.4 Å². The molecule has 0 radical (unpaired) electrons. The third kappa shape index (κ3) is 3.20. The molecule has 0 spiro atoms. The SMILES string of the molecule is COc1cccc(C(=O)Cn2cc([N+](=O)[O-])cc(C)c2=O)c1. The van der Waals surface area contributed by atoms with Gasteiger partial charge in [-0.05, 0) is 19.1 Å². The summed E-state index contributed by atoms with van der Waals surface area (Å²) in [7, 11) is 1.48. The largest absolute Gasteiger partial charge is 0.497 e. The summed E-state index contributed by atoms with van der Waals surface area (Å²) in [6.07, 6.45) is 1.08. The van der Waals surface area contributed by atoms with Gasteiger partial charge in [-0.1, -0.05) is 12.1 Å². The molecule has 0 N–H and O–H groups in total. The molecule has 0 unspecified atom stereocenters. The van der Waals surface area contributed by atoms with E-state index in [1.807, 2.05) is 0 Å². The van der Waals surface area contributed by atoms with E-state index >= 15 is 0 Å². The second-order valence-electron chi connectivity index (χ2n) is 4.73. The molecule has 0 saturated carbocycles. The van der Waals surface area contributed by atoms with E-state index in [-0.39, 0.29) is 23.6 Å². The normalized spacial score (nSPS) is 10.3.